The Labute approximate surface area is 182 Å². The van der Waals surface area contributed by atoms with Gasteiger partial charge < -0.3 is 9.47 Å². The normalized spacial score (nSPS) is 26.5. The lowest BCUT2D eigenvalue weighted by Crippen LogP contribution is -2.58. The molecule has 6 nitrogen and oxygen atoms in total. The average Bonchev–Trinajstić information content (AvgIpc) is 2.61. The van der Waals surface area contributed by atoms with E-state index < -0.39 is 29.1 Å². The van der Waals surface area contributed by atoms with Crippen LogP contribution in [0.3, 0.4) is 0 Å². The summed E-state index contributed by atoms with van der Waals surface area (Å²) in [5.41, 5.74) is -1.12. The van der Waals surface area contributed by atoms with Gasteiger partial charge in [-0.3, -0.25) is 9.59 Å². The van der Waals surface area contributed by atoms with Crippen molar-refractivity contribution in [2.24, 2.45) is 11.8 Å². The van der Waals surface area contributed by atoms with Crippen LogP contribution in [0.5, 0.6) is 0 Å². The van der Waals surface area contributed by atoms with Crippen LogP contribution >= 0.6 is 0 Å². The van der Waals surface area contributed by atoms with Crippen LogP contribution in [0, 0.1) is 11.8 Å². The quantitative estimate of drug-likeness (QED) is 0.233. The van der Waals surface area contributed by atoms with Crippen molar-refractivity contribution in [3.63, 3.8) is 0 Å². The van der Waals surface area contributed by atoms with Gasteiger partial charge in [-0.25, -0.2) is 9.78 Å². The third-order valence-corrected chi connectivity index (χ3v) is 6.30. The molecular formula is C24H42O6. The largest absolute Gasteiger partial charge is 0.459 e. The number of carbonyl (C=O) groups excluding carboxylic acids is 2. The molecule has 174 valence electrons. The van der Waals surface area contributed by atoms with Crippen molar-refractivity contribution in [3.8, 4) is 0 Å². The summed E-state index contributed by atoms with van der Waals surface area (Å²) < 4.78 is 11.8. The maximum Gasteiger partial charge on any atom is 0.313 e. The molecule has 0 aromatic rings. The predicted molar refractivity (Wildman–Crippen MR) is 115 cm³/mol. The number of carbonyl (C=O) groups is 2. The van der Waals surface area contributed by atoms with Gasteiger partial charge >= 0.3 is 11.9 Å². The highest BCUT2D eigenvalue weighted by atomic mass is 17.2. The Morgan fingerprint density at radius 2 is 1.33 bits per heavy atom. The van der Waals surface area contributed by atoms with Gasteiger partial charge in [0.05, 0.1) is 5.92 Å². The molecule has 1 heterocycles. The molecule has 0 bridgehead atoms. The lowest BCUT2D eigenvalue weighted by atomic mass is 9.74. The molecule has 0 aromatic carbocycles. The number of rotatable bonds is 12. The second-order valence-corrected chi connectivity index (χ2v) is 10.2. The zero-order chi connectivity index (χ0) is 22.4. The summed E-state index contributed by atoms with van der Waals surface area (Å²) in [4.78, 5) is 36.7. The van der Waals surface area contributed by atoms with Crippen LogP contribution in [0.15, 0.2) is 0 Å². The Hall–Kier alpha value is -1.14. The fourth-order valence-electron chi connectivity index (χ4n) is 4.41. The molecule has 4 unspecified atom stereocenters. The van der Waals surface area contributed by atoms with Gasteiger partial charge in [0.2, 0.25) is 0 Å². The zero-order valence-electron chi connectivity index (χ0n) is 19.8. The Morgan fingerprint density at radius 1 is 0.800 bits per heavy atom. The highest BCUT2D eigenvalue weighted by molar-refractivity contribution is 5.83. The molecule has 1 saturated heterocycles. The van der Waals surface area contributed by atoms with Gasteiger partial charge in [0, 0.05) is 0 Å². The molecule has 2 aliphatic rings. The molecule has 0 N–H and O–H groups in total. The van der Waals surface area contributed by atoms with Crippen molar-refractivity contribution in [1.29, 1.82) is 0 Å². The number of hydrogen-bond acceptors (Lipinski definition) is 6. The van der Waals surface area contributed by atoms with E-state index in [-0.39, 0.29) is 18.0 Å². The minimum atomic E-state index is -0.679. The summed E-state index contributed by atoms with van der Waals surface area (Å²) in [6.45, 7) is 12.1. The predicted octanol–water partition coefficient (Wildman–Crippen LogP) is 5.52. The minimum Gasteiger partial charge on any atom is -0.459 e. The summed E-state index contributed by atoms with van der Waals surface area (Å²) in [7, 11) is 0. The average molecular weight is 427 g/mol. The lowest BCUT2D eigenvalue weighted by molar-refractivity contribution is -0.481. The molecule has 0 aromatic heterocycles. The van der Waals surface area contributed by atoms with E-state index in [2.05, 4.69) is 13.8 Å². The first-order valence-electron chi connectivity index (χ1n) is 11.9. The number of unbranched alkanes of at least 4 members (excludes halogenated alkanes) is 4. The van der Waals surface area contributed by atoms with Gasteiger partial charge in [-0.05, 0) is 66.2 Å². The van der Waals surface area contributed by atoms with Crippen LogP contribution in [-0.4, -0.2) is 35.3 Å². The second-order valence-electron chi connectivity index (χ2n) is 10.2. The number of fused-ring (bicyclic) bond motifs is 1. The van der Waals surface area contributed by atoms with E-state index in [1.165, 1.54) is 0 Å². The Balaban J connectivity index is 2.04. The maximum atomic E-state index is 13.2. The van der Waals surface area contributed by atoms with Crippen LogP contribution in [0.25, 0.3) is 0 Å². The van der Waals surface area contributed by atoms with Crippen LogP contribution < -0.4 is 0 Å². The molecular weight excluding hydrogens is 384 g/mol. The first-order valence-corrected chi connectivity index (χ1v) is 11.9. The third-order valence-electron chi connectivity index (χ3n) is 6.30. The van der Waals surface area contributed by atoms with Crippen LogP contribution in [0.1, 0.15) is 106 Å². The summed E-state index contributed by atoms with van der Waals surface area (Å²) in [6.07, 6.45) is 8.73. The molecule has 0 spiro atoms. The second kappa shape index (κ2) is 10.9. The minimum absolute atomic E-state index is 0.146. The third kappa shape index (κ3) is 6.94. The molecule has 2 rings (SSSR count). The van der Waals surface area contributed by atoms with Crippen LogP contribution in [0.2, 0.25) is 0 Å². The van der Waals surface area contributed by atoms with E-state index in [1.807, 2.05) is 27.7 Å². The smallest absolute Gasteiger partial charge is 0.313 e. The molecule has 1 saturated carbocycles. The molecule has 30 heavy (non-hydrogen) atoms. The number of esters is 2. The molecule has 0 radical (unpaired) electrons. The van der Waals surface area contributed by atoms with Gasteiger partial charge in [-0.2, -0.15) is 0 Å². The first kappa shape index (κ1) is 25.1. The highest BCUT2D eigenvalue weighted by Crippen LogP contribution is 2.42. The lowest BCUT2D eigenvalue weighted by Gasteiger charge is -2.46. The molecule has 1 aliphatic carbocycles. The van der Waals surface area contributed by atoms with Crippen molar-refractivity contribution in [2.45, 2.75) is 129 Å². The standard InChI is InChI=1S/C24H42O6/c1-7-9-11-15-23(3,4)27-21(25)17-13-14-18-20(30-29-18)19(17)22(26)28-24(5,6)16-12-10-8-2/h17-20H,7-16H2,1-6H3. The molecule has 1 aliphatic heterocycles. The van der Waals surface area contributed by atoms with Gasteiger partial charge in [-0.1, -0.05) is 39.5 Å². The topological polar surface area (TPSA) is 71.1 Å². The van der Waals surface area contributed by atoms with Crippen LogP contribution in [0.4, 0.5) is 0 Å². The Bertz CT molecular complexity index is 570. The van der Waals surface area contributed by atoms with Gasteiger partial charge in [0.15, 0.2) is 0 Å². The van der Waals surface area contributed by atoms with Gasteiger partial charge in [0.1, 0.15) is 29.3 Å². The van der Waals surface area contributed by atoms with E-state index in [0.717, 1.165) is 51.4 Å². The van der Waals surface area contributed by atoms with Crippen molar-refractivity contribution in [1.82, 2.24) is 0 Å². The Kier molecular flexibility index (Phi) is 9.16. The zero-order valence-corrected chi connectivity index (χ0v) is 19.8. The van der Waals surface area contributed by atoms with Crippen molar-refractivity contribution >= 4 is 11.9 Å². The van der Waals surface area contributed by atoms with E-state index in [4.69, 9.17) is 19.2 Å². The van der Waals surface area contributed by atoms with E-state index in [9.17, 15) is 9.59 Å². The summed E-state index contributed by atoms with van der Waals surface area (Å²) in [5, 5.41) is 0. The van der Waals surface area contributed by atoms with Crippen LogP contribution in [-0.2, 0) is 28.8 Å². The monoisotopic (exact) mass is 426 g/mol. The highest BCUT2D eigenvalue weighted by Gasteiger charge is 2.55. The summed E-state index contributed by atoms with van der Waals surface area (Å²) in [5.74, 6) is -1.93. The maximum absolute atomic E-state index is 13.2. The van der Waals surface area contributed by atoms with E-state index in [0.29, 0.717) is 12.8 Å². The van der Waals surface area contributed by atoms with Crippen molar-refractivity contribution in [2.75, 3.05) is 0 Å². The Morgan fingerprint density at radius 3 is 1.80 bits per heavy atom. The molecule has 4 atom stereocenters. The SMILES string of the molecule is CCCCCC(C)(C)OC(=O)C1CCC2OOC2C1C(=O)OC(C)(C)CCCCC. The fraction of sp³-hybridized carbons (Fsp3) is 0.917. The van der Waals surface area contributed by atoms with Gasteiger partial charge in [-0.15, -0.1) is 0 Å². The summed E-state index contributed by atoms with van der Waals surface area (Å²) >= 11 is 0. The van der Waals surface area contributed by atoms with Crippen molar-refractivity contribution in [3.05, 3.63) is 0 Å². The molecule has 0 amide bonds. The number of hydrogen-bond donors (Lipinski definition) is 0. The van der Waals surface area contributed by atoms with Crippen molar-refractivity contribution < 1.29 is 28.8 Å². The van der Waals surface area contributed by atoms with E-state index in [1.54, 1.807) is 0 Å². The summed E-state index contributed by atoms with van der Waals surface area (Å²) in [6, 6.07) is 0. The molecule has 2 fully saturated rings. The molecule has 6 heteroatoms. The van der Waals surface area contributed by atoms with Gasteiger partial charge in [0.25, 0.3) is 0 Å². The van der Waals surface area contributed by atoms with E-state index >= 15 is 0 Å². The first-order chi connectivity index (χ1) is 14.1. The number of ether oxygens (including phenoxy) is 2. The fourth-order valence-corrected chi connectivity index (χ4v) is 4.41.